The molecule has 0 aliphatic carbocycles. The Kier molecular flexibility index (Phi) is 10.7. The smallest absolute Gasteiger partial charge is 0.135 e. The number of rotatable bonds is 6. The summed E-state index contributed by atoms with van der Waals surface area (Å²) in [6.07, 6.45) is 1.86. The molecule has 8 aromatic rings. The zero-order chi connectivity index (χ0) is 41.9. The third-order valence-corrected chi connectivity index (χ3v) is 11.7. The third kappa shape index (κ3) is 7.39. The monoisotopic (exact) mass is 985 g/mol. The van der Waals surface area contributed by atoms with Crippen molar-refractivity contribution >= 4 is 57.0 Å². The molecule has 0 radical (unpaired) electrons. The Morgan fingerprint density at radius 2 is 1.13 bits per heavy atom. The molecule has 10 rings (SSSR count). The molecular formula is C56H48N5Pt-3. The third-order valence-electron chi connectivity index (χ3n) is 11.7. The Bertz CT molecular complexity index is 2900. The molecule has 1 aromatic heterocycles. The van der Waals surface area contributed by atoms with E-state index in [1.165, 1.54) is 16.7 Å². The number of fused-ring (bicyclic) bond motifs is 6. The van der Waals surface area contributed by atoms with E-state index in [9.17, 15) is 0 Å². The largest absolute Gasteiger partial charge is 0.493 e. The van der Waals surface area contributed by atoms with Crippen LogP contribution in [0.4, 0.5) is 57.0 Å². The number of para-hydroxylation sites is 4. The van der Waals surface area contributed by atoms with Crippen LogP contribution >= 0.6 is 0 Å². The van der Waals surface area contributed by atoms with Crippen LogP contribution < -0.4 is 19.6 Å². The number of pyridine rings is 1. The van der Waals surface area contributed by atoms with Crippen molar-refractivity contribution < 1.29 is 21.1 Å². The van der Waals surface area contributed by atoms with Gasteiger partial charge in [0.25, 0.3) is 0 Å². The summed E-state index contributed by atoms with van der Waals surface area (Å²) in [5.41, 5.74) is 16.0. The minimum Gasteiger partial charge on any atom is -0.493 e. The maximum atomic E-state index is 4.93. The second-order valence-corrected chi connectivity index (χ2v) is 17.9. The molecule has 5 nitrogen and oxygen atoms in total. The van der Waals surface area contributed by atoms with E-state index < -0.39 is 0 Å². The Labute approximate surface area is 381 Å². The van der Waals surface area contributed by atoms with Crippen LogP contribution in [0.15, 0.2) is 176 Å². The number of anilines is 10. The van der Waals surface area contributed by atoms with Crippen LogP contribution in [0.1, 0.15) is 52.7 Å². The normalized spacial score (nSPS) is 13.0. The quantitative estimate of drug-likeness (QED) is 0.155. The average Bonchev–Trinajstić information content (AvgIpc) is 3.62. The first-order valence-electron chi connectivity index (χ1n) is 21.1. The zero-order valence-electron chi connectivity index (χ0n) is 35.9. The zero-order valence-corrected chi connectivity index (χ0v) is 38.1. The topological polar surface area (TPSA) is 25.9 Å². The van der Waals surface area contributed by atoms with Crippen molar-refractivity contribution in [3.05, 3.63) is 206 Å². The van der Waals surface area contributed by atoms with Gasteiger partial charge in [-0.15, -0.1) is 53.8 Å². The molecule has 310 valence electrons. The molecule has 7 aromatic carbocycles. The predicted molar refractivity (Wildman–Crippen MR) is 255 cm³/mol. The number of aromatic nitrogens is 1. The maximum absolute atomic E-state index is 4.93. The first-order valence-corrected chi connectivity index (χ1v) is 21.1. The Morgan fingerprint density at radius 3 is 1.82 bits per heavy atom. The van der Waals surface area contributed by atoms with E-state index >= 15 is 0 Å². The van der Waals surface area contributed by atoms with E-state index in [1.807, 2.05) is 18.3 Å². The maximum Gasteiger partial charge on any atom is 0.135 e. The molecule has 0 bridgehead atoms. The van der Waals surface area contributed by atoms with Crippen molar-refractivity contribution in [2.24, 2.45) is 0 Å². The van der Waals surface area contributed by atoms with E-state index in [0.717, 1.165) is 73.7 Å². The number of hydrogen-bond acceptors (Lipinski definition) is 5. The van der Waals surface area contributed by atoms with Gasteiger partial charge in [-0.3, -0.25) is 0 Å². The van der Waals surface area contributed by atoms with Crippen molar-refractivity contribution in [3.8, 4) is 22.3 Å². The van der Waals surface area contributed by atoms with E-state index in [1.54, 1.807) is 0 Å². The summed E-state index contributed by atoms with van der Waals surface area (Å²) >= 11 is 0. The molecule has 0 amide bonds. The van der Waals surface area contributed by atoms with E-state index in [0.29, 0.717) is 0 Å². The molecule has 6 heteroatoms. The minimum absolute atomic E-state index is 0. The van der Waals surface area contributed by atoms with E-state index in [-0.39, 0.29) is 31.9 Å². The van der Waals surface area contributed by atoms with E-state index in [2.05, 4.69) is 238 Å². The van der Waals surface area contributed by atoms with Gasteiger partial charge in [0.2, 0.25) is 0 Å². The molecule has 0 saturated carbocycles. The van der Waals surface area contributed by atoms with E-state index in [4.69, 9.17) is 4.98 Å². The summed E-state index contributed by atoms with van der Waals surface area (Å²) in [6, 6.07) is 68.5. The summed E-state index contributed by atoms with van der Waals surface area (Å²) < 4.78 is 0. The molecular weight excluding hydrogens is 938 g/mol. The Balaban J connectivity index is 0.00000490. The van der Waals surface area contributed by atoms with Crippen LogP contribution in [-0.2, 0) is 31.9 Å². The summed E-state index contributed by atoms with van der Waals surface area (Å²) in [4.78, 5) is 14.1. The summed E-state index contributed by atoms with van der Waals surface area (Å²) in [5.74, 6) is 0.827. The molecule has 0 spiro atoms. The van der Waals surface area contributed by atoms with Gasteiger partial charge in [-0.2, -0.15) is 6.07 Å². The second kappa shape index (κ2) is 16.1. The fourth-order valence-corrected chi connectivity index (χ4v) is 8.53. The molecule has 3 heterocycles. The number of nitrogens with zero attached hydrogens (tertiary/aromatic N) is 5. The van der Waals surface area contributed by atoms with Crippen LogP contribution in [0.2, 0.25) is 0 Å². The molecule has 0 fully saturated rings. The minimum atomic E-state index is -0.165. The summed E-state index contributed by atoms with van der Waals surface area (Å²) in [7, 11) is 0. The molecule has 2 aliphatic heterocycles. The fourth-order valence-electron chi connectivity index (χ4n) is 8.53. The van der Waals surface area contributed by atoms with Gasteiger partial charge in [-0.25, -0.2) is 4.98 Å². The van der Waals surface area contributed by atoms with Gasteiger partial charge < -0.3 is 19.6 Å². The van der Waals surface area contributed by atoms with Gasteiger partial charge in [-0.1, -0.05) is 155 Å². The van der Waals surface area contributed by atoms with Gasteiger partial charge in [-0.05, 0) is 76.6 Å². The van der Waals surface area contributed by atoms with Crippen LogP contribution in [0.5, 0.6) is 0 Å². The van der Waals surface area contributed by atoms with Gasteiger partial charge in [0.1, 0.15) is 5.82 Å². The number of hydrogen-bond donors (Lipinski definition) is 0. The van der Waals surface area contributed by atoms with Gasteiger partial charge >= 0.3 is 0 Å². The first-order chi connectivity index (χ1) is 29.5. The SMILES string of the molecule is CC(C)(C)c1cc(N2[CH-]N(c3cccc(C(C)(C)C)c3)c3ccccc32)[c-]c(N(c2[c-]c3c(cc2)-c2ccccc2-c2ccccc2N3c2ccccn2)c2ccccc2)c1.[Pt]. The second-order valence-electron chi connectivity index (χ2n) is 17.9. The average molecular weight is 986 g/mol. The van der Waals surface area contributed by atoms with Crippen molar-refractivity contribution in [2.75, 3.05) is 19.6 Å². The van der Waals surface area contributed by atoms with Crippen LogP contribution in [0, 0.1) is 18.8 Å². The van der Waals surface area contributed by atoms with Crippen LogP contribution in [-0.4, -0.2) is 4.98 Å². The molecule has 0 N–H and O–H groups in total. The van der Waals surface area contributed by atoms with Crippen molar-refractivity contribution in [1.82, 2.24) is 4.98 Å². The van der Waals surface area contributed by atoms with Crippen LogP contribution in [0.3, 0.4) is 0 Å². The predicted octanol–water partition coefficient (Wildman–Crippen LogP) is 15.3. The van der Waals surface area contributed by atoms with Crippen molar-refractivity contribution in [1.29, 1.82) is 0 Å². The number of benzene rings is 7. The van der Waals surface area contributed by atoms with Crippen molar-refractivity contribution in [2.45, 2.75) is 52.4 Å². The molecule has 62 heavy (non-hydrogen) atoms. The molecule has 2 aliphatic rings. The standard InChI is InChI=1S/C56H48N5.Pt/c1-55(2,3)39-19-18-22-42(33-39)58-38-59(52-28-15-14-27-51(52)58)44-34-40(56(4,5)6)35-45(36-44)60(41-20-8-7-9-21-41)43-30-31-49-47-24-11-10-23-46(47)48-25-12-13-26-50(48)61(53(49)37-43)54-29-16-17-32-57-54;/h7-35,38H,1-6H3;/q-3;. The summed E-state index contributed by atoms with van der Waals surface area (Å²) in [6.45, 7) is 15.9. The van der Waals surface area contributed by atoms with Crippen molar-refractivity contribution in [3.63, 3.8) is 0 Å². The Morgan fingerprint density at radius 1 is 0.500 bits per heavy atom. The van der Waals surface area contributed by atoms with Gasteiger partial charge in [0.15, 0.2) is 0 Å². The van der Waals surface area contributed by atoms with Gasteiger partial charge in [0, 0.05) is 55.6 Å². The molecule has 0 saturated heterocycles. The summed E-state index contributed by atoms with van der Waals surface area (Å²) in [5, 5.41) is 0. The molecule has 0 unspecified atom stereocenters. The van der Waals surface area contributed by atoms with Gasteiger partial charge in [0.05, 0.1) is 5.69 Å². The molecule has 0 atom stereocenters. The van der Waals surface area contributed by atoms with Crippen LogP contribution in [0.25, 0.3) is 22.3 Å². The first kappa shape index (κ1) is 41.0. The Hall–Kier alpha value is -6.42. The fraction of sp³-hybridized carbons (Fsp3) is 0.143.